The maximum Gasteiger partial charge on any atom is 0.272 e. The van der Waals surface area contributed by atoms with Crippen LogP contribution in [0, 0.1) is 5.82 Å². The van der Waals surface area contributed by atoms with Gasteiger partial charge in [0.05, 0.1) is 42.5 Å². The molecule has 0 radical (unpaired) electrons. The van der Waals surface area contributed by atoms with E-state index in [1.54, 1.807) is 34.1 Å². The number of carbonyl (C=O) groups is 2. The highest BCUT2D eigenvalue weighted by atomic mass is 35.5. The van der Waals surface area contributed by atoms with Crippen LogP contribution in [0.3, 0.4) is 0 Å². The van der Waals surface area contributed by atoms with E-state index in [1.165, 1.54) is 18.3 Å². The summed E-state index contributed by atoms with van der Waals surface area (Å²) in [5.41, 5.74) is 1.85. The second-order valence-electron chi connectivity index (χ2n) is 9.36. The maximum absolute atomic E-state index is 14.2. The van der Waals surface area contributed by atoms with Crippen molar-refractivity contribution in [2.24, 2.45) is 0 Å². The number of nitrogens with one attached hydrogen (secondary N) is 1. The molecule has 0 spiro atoms. The second kappa shape index (κ2) is 9.91. The van der Waals surface area contributed by atoms with Crippen molar-refractivity contribution in [1.29, 1.82) is 0 Å². The molecule has 0 unspecified atom stereocenters. The molecule has 2 amide bonds. The Morgan fingerprint density at radius 2 is 1.89 bits per heavy atom. The molecule has 2 aromatic heterocycles. The number of rotatable bonds is 5. The Hall–Kier alpha value is -3.04. The SMILES string of the molecule is C[C@H](C(=O)N[C@@H]1CN(C(=O)c2cncc3cncn23)CC[C@H]1c1cc(F)cc(Cl)c1)N1CCCC1. The zero-order valence-corrected chi connectivity index (χ0v) is 20.3. The van der Waals surface area contributed by atoms with Crippen LogP contribution in [0.1, 0.15) is 48.2 Å². The van der Waals surface area contributed by atoms with E-state index in [0.717, 1.165) is 37.0 Å². The third-order valence-corrected chi connectivity index (χ3v) is 7.38. The molecule has 3 atom stereocenters. The molecule has 2 aliphatic rings. The summed E-state index contributed by atoms with van der Waals surface area (Å²) in [5, 5.41) is 3.49. The van der Waals surface area contributed by atoms with E-state index in [9.17, 15) is 14.0 Å². The average Bonchev–Trinajstić information content (AvgIpc) is 3.54. The van der Waals surface area contributed by atoms with Gasteiger partial charge in [0.25, 0.3) is 5.91 Å². The van der Waals surface area contributed by atoms with Crippen molar-refractivity contribution in [1.82, 2.24) is 29.5 Å². The summed E-state index contributed by atoms with van der Waals surface area (Å²) in [7, 11) is 0. The summed E-state index contributed by atoms with van der Waals surface area (Å²) < 4.78 is 15.9. The Morgan fingerprint density at radius 1 is 1.11 bits per heavy atom. The Kier molecular flexibility index (Phi) is 6.71. The van der Waals surface area contributed by atoms with E-state index in [4.69, 9.17) is 11.6 Å². The molecule has 5 rings (SSSR count). The lowest BCUT2D eigenvalue weighted by Crippen LogP contribution is -2.56. The predicted molar refractivity (Wildman–Crippen MR) is 130 cm³/mol. The van der Waals surface area contributed by atoms with E-state index in [0.29, 0.717) is 30.2 Å². The lowest BCUT2D eigenvalue weighted by molar-refractivity contribution is -0.126. The van der Waals surface area contributed by atoms with Crippen LogP contribution in [0.25, 0.3) is 5.52 Å². The molecule has 35 heavy (non-hydrogen) atoms. The van der Waals surface area contributed by atoms with E-state index in [1.807, 2.05) is 6.92 Å². The number of piperidine rings is 1. The van der Waals surface area contributed by atoms with Crippen LogP contribution in [-0.2, 0) is 4.79 Å². The second-order valence-corrected chi connectivity index (χ2v) is 9.80. The Bertz CT molecular complexity index is 1220. The van der Waals surface area contributed by atoms with Gasteiger partial charge in [0, 0.05) is 24.0 Å². The van der Waals surface area contributed by atoms with Crippen molar-refractivity contribution >= 4 is 28.9 Å². The number of amides is 2. The standard InChI is InChI=1S/C25H28ClFN6O2/c1-16(31-5-2-3-6-31)24(34)30-22-14-32(7-4-21(22)17-8-18(26)10-19(27)9-17)25(35)23-13-28-11-20-12-29-15-33(20)23/h8-13,15-16,21-22H,2-7,14H2,1H3,(H,30,34)/t16-,21+,22-/m1/s1. The van der Waals surface area contributed by atoms with Crippen LogP contribution in [0.5, 0.6) is 0 Å². The highest BCUT2D eigenvalue weighted by Gasteiger charge is 2.36. The molecule has 3 aromatic rings. The zero-order chi connectivity index (χ0) is 24.5. The summed E-state index contributed by atoms with van der Waals surface area (Å²) >= 11 is 6.15. The molecule has 2 fully saturated rings. The Labute approximate surface area is 208 Å². The number of carbonyl (C=O) groups excluding carboxylic acids is 2. The average molecular weight is 499 g/mol. The largest absolute Gasteiger partial charge is 0.350 e. The molecule has 1 aromatic carbocycles. The topological polar surface area (TPSA) is 82.8 Å². The number of fused-ring (bicyclic) bond motifs is 1. The summed E-state index contributed by atoms with van der Waals surface area (Å²) in [6.07, 6.45) is 9.13. The normalized spacial score (nSPS) is 21.9. The minimum atomic E-state index is -0.417. The van der Waals surface area contributed by atoms with Gasteiger partial charge < -0.3 is 10.2 Å². The number of aromatic nitrogens is 3. The lowest BCUT2D eigenvalue weighted by Gasteiger charge is -2.40. The number of likely N-dealkylation sites (tertiary alicyclic amines) is 2. The van der Waals surface area contributed by atoms with Crippen molar-refractivity contribution in [3.8, 4) is 0 Å². The molecule has 184 valence electrons. The maximum atomic E-state index is 14.2. The molecule has 2 saturated heterocycles. The third kappa shape index (κ3) is 4.88. The molecule has 8 nitrogen and oxygen atoms in total. The number of hydrogen-bond acceptors (Lipinski definition) is 5. The zero-order valence-electron chi connectivity index (χ0n) is 19.5. The van der Waals surface area contributed by atoms with Crippen molar-refractivity contribution in [3.05, 3.63) is 65.2 Å². The first-order valence-corrected chi connectivity index (χ1v) is 12.3. The van der Waals surface area contributed by atoms with Crippen LogP contribution in [-0.4, -0.2) is 74.2 Å². The van der Waals surface area contributed by atoms with Gasteiger partial charge in [0.15, 0.2) is 0 Å². The van der Waals surface area contributed by atoms with E-state index < -0.39 is 11.9 Å². The van der Waals surface area contributed by atoms with E-state index in [-0.39, 0.29) is 23.8 Å². The lowest BCUT2D eigenvalue weighted by atomic mass is 9.84. The molecule has 0 aliphatic carbocycles. The Morgan fingerprint density at radius 3 is 2.66 bits per heavy atom. The highest BCUT2D eigenvalue weighted by molar-refractivity contribution is 6.30. The number of imidazole rings is 1. The molecule has 4 heterocycles. The van der Waals surface area contributed by atoms with Gasteiger partial charge in [-0.15, -0.1) is 0 Å². The smallest absolute Gasteiger partial charge is 0.272 e. The fourth-order valence-corrected chi connectivity index (χ4v) is 5.47. The summed E-state index contributed by atoms with van der Waals surface area (Å²) in [5.74, 6) is -0.871. The predicted octanol–water partition coefficient (Wildman–Crippen LogP) is 3.12. The number of hydrogen-bond donors (Lipinski definition) is 1. The van der Waals surface area contributed by atoms with Gasteiger partial charge in [-0.1, -0.05) is 11.6 Å². The molecule has 2 aliphatic heterocycles. The molecular weight excluding hydrogens is 471 g/mol. The summed E-state index contributed by atoms with van der Waals surface area (Å²) in [6.45, 7) is 4.45. The summed E-state index contributed by atoms with van der Waals surface area (Å²) in [6, 6.07) is 3.81. The first kappa shape index (κ1) is 23.7. The number of benzene rings is 1. The van der Waals surface area contributed by atoms with Crippen LogP contribution < -0.4 is 5.32 Å². The van der Waals surface area contributed by atoms with E-state index in [2.05, 4.69) is 20.2 Å². The molecule has 0 bridgehead atoms. The number of halogens is 2. The van der Waals surface area contributed by atoms with Crippen molar-refractivity contribution < 1.29 is 14.0 Å². The van der Waals surface area contributed by atoms with Crippen LogP contribution in [0.2, 0.25) is 5.02 Å². The van der Waals surface area contributed by atoms with Crippen LogP contribution in [0.15, 0.2) is 43.1 Å². The minimum absolute atomic E-state index is 0.0860. The van der Waals surface area contributed by atoms with Gasteiger partial charge in [-0.05, 0) is 63.0 Å². The monoisotopic (exact) mass is 498 g/mol. The van der Waals surface area contributed by atoms with Gasteiger partial charge in [0.2, 0.25) is 5.91 Å². The molecular formula is C25H28ClFN6O2. The quantitative estimate of drug-likeness (QED) is 0.584. The fraction of sp³-hybridized carbons (Fsp3) is 0.440. The Balaban J connectivity index is 1.41. The van der Waals surface area contributed by atoms with Crippen LogP contribution in [0.4, 0.5) is 4.39 Å². The highest BCUT2D eigenvalue weighted by Crippen LogP contribution is 2.32. The minimum Gasteiger partial charge on any atom is -0.350 e. The molecule has 0 saturated carbocycles. The number of nitrogens with zero attached hydrogens (tertiary/aromatic N) is 5. The molecule has 1 N–H and O–H groups in total. The van der Waals surface area contributed by atoms with Crippen molar-refractivity contribution in [3.63, 3.8) is 0 Å². The van der Waals surface area contributed by atoms with Crippen LogP contribution >= 0.6 is 11.6 Å². The van der Waals surface area contributed by atoms with Gasteiger partial charge in [-0.2, -0.15) is 0 Å². The molecule has 10 heteroatoms. The van der Waals surface area contributed by atoms with Gasteiger partial charge >= 0.3 is 0 Å². The third-order valence-electron chi connectivity index (χ3n) is 7.16. The first-order valence-electron chi connectivity index (χ1n) is 12.0. The van der Waals surface area contributed by atoms with Gasteiger partial charge in [-0.3, -0.25) is 23.9 Å². The fourth-order valence-electron chi connectivity index (χ4n) is 5.24. The van der Waals surface area contributed by atoms with Crippen molar-refractivity contribution in [2.75, 3.05) is 26.2 Å². The summed E-state index contributed by atoms with van der Waals surface area (Å²) in [4.78, 5) is 38.9. The van der Waals surface area contributed by atoms with E-state index >= 15 is 0 Å². The van der Waals surface area contributed by atoms with Gasteiger partial charge in [0.1, 0.15) is 11.5 Å². The van der Waals surface area contributed by atoms with Gasteiger partial charge in [-0.25, -0.2) is 9.37 Å². The first-order chi connectivity index (χ1) is 16.9. The van der Waals surface area contributed by atoms with Crippen molar-refractivity contribution in [2.45, 2.75) is 44.2 Å².